The molecule has 0 radical (unpaired) electrons. The summed E-state index contributed by atoms with van der Waals surface area (Å²) < 4.78 is 55.4. The smallest absolute Gasteiger partial charge is 0.282 e. The van der Waals surface area contributed by atoms with E-state index in [4.69, 9.17) is 5.26 Å². The first-order valence-corrected chi connectivity index (χ1v) is 11.5. The summed E-state index contributed by atoms with van der Waals surface area (Å²) >= 11 is 0. The van der Waals surface area contributed by atoms with Gasteiger partial charge in [-0.15, -0.1) is 0 Å². The summed E-state index contributed by atoms with van der Waals surface area (Å²) in [6.07, 6.45) is 0. The van der Waals surface area contributed by atoms with Crippen molar-refractivity contribution in [2.75, 3.05) is 59.4 Å². The molecule has 148 valence electrons. The van der Waals surface area contributed by atoms with E-state index in [9.17, 15) is 16.8 Å². The predicted molar refractivity (Wildman–Crippen MR) is 99.5 cm³/mol. The van der Waals surface area contributed by atoms with E-state index in [1.165, 1.54) is 25.0 Å². The van der Waals surface area contributed by atoms with E-state index in [0.717, 1.165) is 0 Å². The molecule has 0 aliphatic carbocycles. The van der Waals surface area contributed by atoms with Crippen LogP contribution in [0.5, 0.6) is 0 Å². The summed E-state index contributed by atoms with van der Waals surface area (Å²) in [5.74, 6) is 0. The summed E-state index contributed by atoms with van der Waals surface area (Å²) in [6.45, 7) is 2.56. The maximum absolute atomic E-state index is 12.9. The summed E-state index contributed by atoms with van der Waals surface area (Å²) in [5, 5.41) is 9.16. The Morgan fingerprint density at radius 3 is 1.85 bits per heavy atom. The minimum absolute atomic E-state index is 0.0390. The van der Waals surface area contributed by atoms with E-state index in [-0.39, 0.29) is 36.6 Å². The molecule has 1 aromatic carbocycles. The molecule has 2 aliphatic rings. The second-order valence-electron chi connectivity index (χ2n) is 6.62. The van der Waals surface area contributed by atoms with E-state index < -0.39 is 20.2 Å². The van der Waals surface area contributed by atoms with Crippen LogP contribution in [0.25, 0.3) is 0 Å². The molecule has 0 spiro atoms. The first-order valence-electron chi connectivity index (χ1n) is 8.70. The molecule has 2 saturated heterocycles. The van der Waals surface area contributed by atoms with E-state index >= 15 is 0 Å². The molecule has 11 heteroatoms. The Kier molecular flexibility index (Phi) is 5.85. The largest absolute Gasteiger partial charge is 0.304 e. The van der Waals surface area contributed by atoms with Crippen molar-refractivity contribution in [3.05, 3.63) is 29.8 Å². The van der Waals surface area contributed by atoms with Crippen LogP contribution in [0, 0.1) is 11.3 Å². The molecule has 2 fully saturated rings. The fourth-order valence-electron chi connectivity index (χ4n) is 3.25. The van der Waals surface area contributed by atoms with Crippen molar-refractivity contribution in [1.29, 1.82) is 5.26 Å². The third kappa shape index (κ3) is 4.01. The van der Waals surface area contributed by atoms with Crippen LogP contribution in [0.15, 0.2) is 29.2 Å². The molecule has 2 aliphatic heterocycles. The van der Waals surface area contributed by atoms with Crippen LogP contribution < -0.4 is 0 Å². The third-order valence-electron chi connectivity index (χ3n) is 4.94. The number of benzene rings is 1. The van der Waals surface area contributed by atoms with Crippen LogP contribution in [0.4, 0.5) is 0 Å². The summed E-state index contributed by atoms with van der Waals surface area (Å²) in [4.78, 5) is 2.03. The van der Waals surface area contributed by atoms with Crippen molar-refractivity contribution in [2.24, 2.45) is 0 Å². The summed E-state index contributed by atoms with van der Waals surface area (Å²) in [5.41, 5.74) is 0.0880. The van der Waals surface area contributed by atoms with Crippen LogP contribution in [-0.4, -0.2) is 94.1 Å². The van der Waals surface area contributed by atoms with Gasteiger partial charge in [0.25, 0.3) is 10.2 Å². The number of nitrogens with zero attached hydrogens (tertiary/aromatic N) is 5. The van der Waals surface area contributed by atoms with E-state index in [1.807, 2.05) is 13.1 Å². The monoisotopic (exact) mass is 413 g/mol. The Labute approximate surface area is 160 Å². The molecule has 0 amide bonds. The lowest BCUT2D eigenvalue weighted by Gasteiger charge is -2.38. The average molecular weight is 414 g/mol. The maximum atomic E-state index is 12.9. The summed E-state index contributed by atoms with van der Waals surface area (Å²) in [7, 11) is -5.47. The highest BCUT2D eigenvalue weighted by Gasteiger charge is 2.37. The standard InChI is InChI=1S/C16H23N5O4S2/c1-18-6-8-20(9-7-18)27(24,25)21-12-10-19(11-13-21)26(22,23)16-5-3-2-4-15(16)14-17/h2-5H,6-13H2,1H3. The molecule has 0 aromatic heterocycles. The van der Waals surface area contributed by atoms with Gasteiger partial charge in [-0.1, -0.05) is 12.1 Å². The molecule has 1 aromatic rings. The molecular weight excluding hydrogens is 390 g/mol. The van der Waals surface area contributed by atoms with E-state index in [2.05, 4.69) is 4.90 Å². The van der Waals surface area contributed by atoms with Gasteiger partial charge >= 0.3 is 0 Å². The van der Waals surface area contributed by atoms with Gasteiger partial charge in [0.05, 0.1) is 10.5 Å². The molecule has 3 rings (SSSR count). The zero-order chi connectivity index (χ0) is 19.7. The van der Waals surface area contributed by atoms with Crippen molar-refractivity contribution >= 4 is 20.2 Å². The van der Waals surface area contributed by atoms with Crippen molar-refractivity contribution in [3.8, 4) is 6.07 Å². The minimum Gasteiger partial charge on any atom is -0.304 e. The lowest BCUT2D eigenvalue weighted by atomic mass is 10.2. The molecular formula is C16H23N5O4S2. The lowest BCUT2D eigenvalue weighted by molar-refractivity contribution is 0.201. The van der Waals surface area contributed by atoms with Crippen molar-refractivity contribution < 1.29 is 16.8 Å². The first-order chi connectivity index (χ1) is 12.8. The minimum atomic E-state index is -3.84. The van der Waals surface area contributed by atoms with Gasteiger partial charge in [0.15, 0.2) is 0 Å². The van der Waals surface area contributed by atoms with Gasteiger partial charge in [0.1, 0.15) is 6.07 Å². The van der Waals surface area contributed by atoms with Gasteiger partial charge in [-0.2, -0.15) is 26.6 Å². The zero-order valence-electron chi connectivity index (χ0n) is 15.2. The number of likely N-dealkylation sites (N-methyl/N-ethyl adjacent to an activating group) is 1. The maximum Gasteiger partial charge on any atom is 0.282 e. The van der Waals surface area contributed by atoms with Gasteiger partial charge in [-0.25, -0.2) is 8.42 Å². The van der Waals surface area contributed by atoms with Crippen LogP contribution in [0.2, 0.25) is 0 Å². The SMILES string of the molecule is CN1CCN(S(=O)(=O)N2CCN(S(=O)(=O)c3ccccc3C#N)CC2)CC1. The van der Waals surface area contributed by atoms with E-state index in [0.29, 0.717) is 26.2 Å². The highest BCUT2D eigenvalue weighted by atomic mass is 32.2. The molecule has 0 N–H and O–H groups in total. The van der Waals surface area contributed by atoms with Gasteiger partial charge in [-0.05, 0) is 19.2 Å². The summed E-state index contributed by atoms with van der Waals surface area (Å²) in [6, 6.07) is 7.94. The molecule has 27 heavy (non-hydrogen) atoms. The van der Waals surface area contributed by atoms with Crippen molar-refractivity contribution in [3.63, 3.8) is 0 Å². The molecule has 0 saturated carbocycles. The second kappa shape index (κ2) is 7.83. The lowest BCUT2D eigenvalue weighted by Crippen LogP contribution is -2.57. The highest BCUT2D eigenvalue weighted by Crippen LogP contribution is 2.22. The van der Waals surface area contributed by atoms with Gasteiger partial charge in [0.2, 0.25) is 10.0 Å². The Bertz CT molecular complexity index is 926. The topological polar surface area (TPSA) is 105 Å². The molecule has 9 nitrogen and oxygen atoms in total. The number of rotatable bonds is 4. The van der Waals surface area contributed by atoms with E-state index in [1.54, 1.807) is 12.1 Å². The molecule has 0 bridgehead atoms. The Balaban J connectivity index is 1.71. The second-order valence-corrected chi connectivity index (χ2v) is 10.5. The Morgan fingerprint density at radius 1 is 0.815 bits per heavy atom. The average Bonchev–Trinajstić information content (AvgIpc) is 2.68. The van der Waals surface area contributed by atoms with Crippen LogP contribution in [0.3, 0.4) is 0 Å². The fourth-order valence-corrected chi connectivity index (χ4v) is 6.39. The number of sulfonamides is 1. The Morgan fingerprint density at radius 2 is 1.30 bits per heavy atom. The molecule has 0 unspecified atom stereocenters. The third-order valence-corrected chi connectivity index (χ3v) is 8.93. The highest BCUT2D eigenvalue weighted by molar-refractivity contribution is 7.89. The normalized spacial score (nSPS) is 21.8. The van der Waals surface area contributed by atoms with Crippen molar-refractivity contribution in [1.82, 2.24) is 17.8 Å². The van der Waals surface area contributed by atoms with Gasteiger partial charge in [0, 0.05) is 52.4 Å². The molecule has 0 atom stereocenters. The quantitative estimate of drug-likeness (QED) is 0.650. The number of piperazine rings is 2. The predicted octanol–water partition coefficient (Wildman–Crippen LogP) is -0.643. The van der Waals surface area contributed by atoms with Gasteiger partial charge in [-0.3, -0.25) is 0 Å². The first kappa shape index (κ1) is 20.2. The Hall–Kier alpha value is -1.55. The van der Waals surface area contributed by atoms with Crippen LogP contribution in [0.1, 0.15) is 5.56 Å². The molecule has 2 heterocycles. The number of nitriles is 1. The zero-order valence-corrected chi connectivity index (χ0v) is 16.8. The van der Waals surface area contributed by atoms with Crippen LogP contribution in [-0.2, 0) is 20.2 Å². The number of hydrogen-bond donors (Lipinski definition) is 0. The van der Waals surface area contributed by atoms with Gasteiger partial charge < -0.3 is 4.90 Å². The van der Waals surface area contributed by atoms with Crippen molar-refractivity contribution in [2.45, 2.75) is 4.90 Å². The number of hydrogen-bond acceptors (Lipinski definition) is 6. The van der Waals surface area contributed by atoms with Crippen LogP contribution >= 0.6 is 0 Å². The fraction of sp³-hybridized carbons (Fsp3) is 0.562.